The number of thioether (sulfide) groups is 1. The van der Waals surface area contributed by atoms with Gasteiger partial charge in [-0.1, -0.05) is 42.5 Å². The smallest absolute Gasteiger partial charge is 0.248 e. The topological polar surface area (TPSA) is 25.4 Å². The van der Waals surface area contributed by atoms with Gasteiger partial charge in [-0.2, -0.15) is 0 Å². The van der Waals surface area contributed by atoms with E-state index in [9.17, 15) is 8.78 Å². The molecular formula is C28H30F2N2OS. The van der Waals surface area contributed by atoms with Crippen LogP contribution in [0.2, 0.25) is 0 Å². The van der Waals surface area contributed by atoms with Crippen molar-refractivity contribution in [3.05, 3.63) is 89.1 Å². The van der Waals surface area contributed by atoms with Crippen molar-refractivity contribution in [2.75, 3.05) is 13.2 Å². The van der Waals surface area contributed by atoms with Crippen LogP contribution in [0.5, 0.6) is 5.88 Å². The van der Waals surface area contributed by atoms with Gasteiger partial charge in [-0.15, -0.1) is 11.8 Å². The third kappa shape index (κ3) is 5.61. The number of aromatic nitrogens is 1. The monoisotopic (exact) mass is 480 g/mol. The molecule has 34 heavy (non-hydrogen) atoms. The summed E-state index contributed by atoms with van der Waals surface area (Å²) in [5, 5.41) is 0. The first-order valence-electron chi connectivity index (χ1n) is 11.9. The lowest BCUT2D eigenvalue weighted by atomic mass is 9.82. The number of hydrogen-bond donors (Lipinski definition) is 0. The van der Waals surface area contributed by atoms with Crippen LogP contribution in [0.15, 0.2) is 71.8 Å². The summed E-state index contributed by atoms with van der Waals surface area (Å²) in [6.07, 6.45) is 2.75. The number of halogens is 2. The molecule has 0 saturated heterocycles. The summed E-state index contributed by atoms with van der Waals surface area (Å²) in [7, 11) is 0. The summed E-state index contributed by atoms with van der Waals surface area (Å²) < 4.78 is 31.6. The predicted molar refractivity (Wildman–Crippen MR) is 132 cm³/mol. The van der Waals surface area contributed by atoms with Gasteiger partial charge in [0, 0.05) is 60.8 Å². The second-order valence-corrected chi connectivity index (χ2v) is 10.5. The highest BCUT2D eigenvalue weighted by Crippen LogP contribution is 2.42. The van der Waals surface area contributed by atoms with Crippen LogP contribution < -0.4 is 4.74 Å². The summed E-state index contributed by atoms with van der Waals surface area (Å²) in [5.74, 6) is -1.09. The van der Waals surface area contributed by atoms with Crippen LogP contribution >= 0.6 is 11.8 Å². The lowest BCUT2D eigenvalue weighted by molar-refractivity contribution is -0.119. The molecule has 1 saturated carbocycles. The Labute approximate surface area is 204 Å². The Hall–Kier alpha value is -2.44. The summed E-state index contributed by atoms with van der Waals surface area (Å²) >= 11 is 1.88. The molecule has 1 aliphatic heterocycles. The largest absolute Gasteiger partial charge is 0.477 e. The molecule has 1 fully saturated rings. The fourth-order valence-electron chi connectivity index (χ4n) is 4.76. The van der Waals surface area contributed by atoms with Gasteiger partial charge in [-0.05, 0) is 47.7 Å². The van der Waals surface area contributed by atoms with Gasteiger partial charge >= 0.3 is 0 Å². The number of nitrogens with zero attached hydrogens (tertiary/aromatic N) is 2. The van der Waals surface area contributed by atoms with Gasteiger partial charge in [-0.25, -0.2) is 13.8 Å². The minimum atomic E-state index is -2.50. The van der Waals surface area contributed by atoms with Crippen LogP contribution in [-0.4, -0.2) is 29.0 Å². The maximum Gasteiger partial charge on any atom is 0.248 e. The Bertz CT molecular complexity index is 1100. The third-order valence-corrected chi connectivity index (χ3v) is 7.96. The number of pyridine rings is 1. The van der Waals surface area contributed by atoms with Gasteiger partial charge in [0.2, 0.25) is 11.8 Å². The average Bonchev–Trinajstić information content (AvgIpc) is 2.85. The van der Waals surface area contributed by atoms with Gasteiger partial charge in [0.1, 0.15) is 0 Å². The molecule has 1 aromatic heterocycles. The van der Waals surface area contributed by atoms with Crippen LogP contribution in [0.25, 0.3) is 0 Å². The van der Waals surface area contributed by atoms with Crippen LogP contribution in [-0.2, 0) is 18.7 Å². The Kier molecular flexibility index (Phi) is 6.89. The molecule has 3 nitrogen and oxygen atoms in total. The first kappa shape index (κ1) is 23.3. The van der Waals surface area contributed by atoms with E-state index in [0.717, 1.165) is 30.8 Å². The van der Waals surface area contributed by atoms with E-state index in [2.05, 4.69) is 65.3 Å². The van der Waals surface area contributed by atoms with Gasteiger partial charge in [-0.3, -0.25) is 4.90 Å². The molecule has 178 valence electrons. The number of benzene rings is 2. The molecule has 3 aromatic rings. The Morgan fingerprint density at radius 2 is 1.91 bits per heavy atom. The molecule has 0 spiro atoms. The van der Waals surface area contributed by atoms with E-state index < -0.39 is 5.92 Å². The highest BCUT2D eigenvalue weighted by molar-refractivity contribution is 7.98. The van der Waals surface area contributed by atoms with Crippen molar-refractivity contribution < 1.29 is 13.5 Å². The van der Waals surface area contributed by atoms with E-state index in [4.69, 9.17) is 4.74 Å². The lowest BCUT2D eigenvalue weighted by Gasteiger charge is -2.34. The van der Waals surface area contributed by atoms with Crippen LogP contribution in [0.1, 0.15) is 48.1 Å². The zero-order chi connectivity index (χ0) is 23.5. The summed E-state index contributed by atoms with van der Waals surface area (Å²) in [4.78, 5) is 8.23. The second-order valence-electron chi connectivity index (χ2n) is 9.47. The second kappa shape index (κ2) is 10.0. The van der Waals surface area contributed by atoms with Crippen molar-refractivity contribution >= 4 is 11.8 Å². The lowest BCUT2D eigenvalue weighted by Crippen LogP contribution is -2.38. The fourth-order valence-corrected chi connectivity index (χ4v) is 5.67. The van der Waals surface area contributed by atoms with Gasteiger partial charge < -0.3 is 4.74 Å². The van der Waals surface area contributed by atoms with E-state index in [1.54, 1.807) is 0 Å². The van der Waals surface area contributed by atoms with E-state index in [1.165, 1.54) is 21.6 Å². The molecule has 1 aliphatic carbocycles. The zero-order valence-corrected chi connectivity index (χ0v) is 20.2. The molecule has 2 aromatic carbocycles. The van der Waals surface area contributed by atoms with E-state index >= 15 is 0 Å². The van der Waals surface area contributed by atoms with Crippen LogP contribution in [0.4, 0.5) is 8.78 Å². The summed E-state index contributed by atoms with van der Waals surface area (Å²) in [6, 6.07) is 21.6. The van der Waals surface area contributed by atoms with Crippen LogP contribution in [0.3, 0.4) is 0 Å². The molecule has 1 unspecified atom stereocenters. The van der Waals surface area contributed by atoms with Crippen molar-refractivity contribution in [3.8, 4) is 5.88 Å². The standard InChI is InChI=1S/C28H30F2N2OS/c1-20(24-8-10-27(31-16-24)33-18-22-14-28(29,30)15-22)32-12-11-23-7-9-26(13-25(23)17-32)34-19-21-5-3-2-4-6-21/h2-10,13,16,20,22H,11-12,14-15,17-19H2,1H3. The number of rotatable bonds is 8. The minimum absolute atomic E-state index is 0.0698. The molecule has 0 amide bonds. The first-order chi connectivity index (χ1) is 16.4. The number of hydrogen-bond acceptors (Lipinski definition) is 4. The highest BCUT2D eigenvalue weighted by Gasteiger charge is 2.45. The quantitative estimate of drug-likeness (QED) is 0.327. The zero-order valence-electron chi connectivity index (χ0n) is 19.4. The van der Waals surface area contributed by atoms with Crippen molar-refractivity contribution in [2.45, 2.75) is 55.3 Å². The highest BCUT2D eigenvalue weighted by atomic mass is 32.2. The predicted octanol–water partition coefficient (Wildman–Crippen LogP) is 6.92. The number of alkyl halides is 2. The SMILES string of the molecule is CC(c1ccc(OCC2CC(F)(F)C2)nc1)N1CCc2ccc(SCc3ccccc3)cc2C1. The normalized spacial score (nSPS) is 18.7. The molecule has 5 rings (SSSR count). The summed E-state index contributed by atoms with van der Waals surface area (Å²) in [5.41, 5.74) is 5.32. The minimum Gasteiger partial charge on any atom is -0.477 e. The number of ether oxygens (including phenoxy) is 1. The third-order valence-electron chi connectivity index (χ3n) is 6.90. The van der Waals surface area contributed by atoms with Gasteiger partial charge in [0.25, 0.3) is 0 Å². The van der Waals surface area contributed by atoms with E-state index in [1.807, 2.05) is 30.1 Å². The Morgan fingerprint density at radius 3 is 2.65 bits per heavy atom. The van der Waals surface area contributed by atoms with Crippen molar-refractivity contribution in [1.82, 2.24) is 9.88 Å². The Balaban J connectivity index is 1.17. The molecule has 0 radical (unpaired) electrons. The Morgan fingerprint density at radius 1 is 1.09 bits per heavy atom. The van der Waals surface area contributed by atoms with Gasteiger partial charge in [0.15, 0.2) is 0 Å². The maximum absolute atomic E-state index is 13.0. The first-order valence-corrected chi connectivity index (χ1v) is 12.9. The maximum atomic E-state index is 13.0. The molecule has 0 bridgehead atoms. The molecule has 1 atom stereocenters. The van der Waals surface area contributed by atoms with Crippen molar-refractivity contribution in [1.29, 1.82) is 0 Å². The van der Waals surface area contributed by atoms with E-state index in [-0.39, 0.29) is 24.8 Å². The number of fused-ring (bicyclic) bond motifs is 1. The molecule has 2 aliphatic rings. The van der Waals surface area contributed by atoms with Crippen molar-refractivity contribution in [2.24, 2.45) is 5.92 Å². The van der Waals surface area contributed by atoms with Gasteiger partial charge in [0.05, 0.1) is 6.61 Å². The van der Waals surface area contributed by atoms with Crippen LogP contribution in [0, 0.1) is 5.92 Å². The molecule has 2 heterocycles. The molecule has 6 heteroatoms. The van der Waals surface area contributed by atoms with E-state index in [0.29, 0.717) is 12.5 Å². The fraction of sp³-hybridized carbons (Fsp3) is 0.393. The molecule has 0 N–H and O–H groups in total. The average molecular weight is 481 g/mol. The summed E-state index contributed by atoms with van der Waals surface area (Å²) in [6.45, 7) is 4.46. The van der Waals surface area contributed by atoms with Crippen molar-refractivity contribution in [3.63, 3.8) is 0 Å². The molecular weight excluding hydrogens is 450 g/mol.